The summed E-state index contributed by atoms with van der Waals surface area (Å²) >= 11 is 0. The van der Waals surface area contributed by atoms with Gasteiger partial charge in [-0.2, -0.15) is 0 Å². The number of amides is 1. The van der Waals surface area contributed by atoms with Crippen LogP contribution in [0.4, 0.5) is 4.79 Å². The fraction of sp³-hybridized carbons (Fsp3) is 0.600. The molecular weight excluding hydrogens is 198 g/mol. The van der Waals surface area contributed by atoms with Gasteiger partial charge in [-0.25, -0.2) is 9.59 Å². The smallest absolute Gasteiger partial charge is 0.407 e. The number of carbonyl (C=O) groups excluding carboxylic acids is 1. The predicted molar refractivity (Wildman–Crippen MR) is 55.4 cm³/mol. The molecule has 0 aromatic carbocycles. The topological polar surface area (TPSA) is 75.6 Å². The molecule has 0 radical (unpaired) electrons. The Morgan fingerprint density at radius 2 is 2.13 bits per heavy atom. The molecule has 1 amide bonds. The van der Waals surface area contributed by atoms with Crippen molar-refractivity contribution in [3.05, 3.63) is 12.2 Å². The molecule has 0 aliphatic carbocycles. The van der Waals surface area contributed by atoms with Crippen LogP contribution in [0, 0.1) is 0 Å². The molecule has 5 heteroatoms. The third-order valence-electron chi connectivity index (χ3n) is 1.73. The molecule has 1 atom stereocenters. The van der Waals surface area contributed by atoms with Crippen molar-refractivity contribution < 1.29 is 19.4 Å². The molecule has 15 heavy (non-hydrogen) atoms. The Morgan fingerprint density at radius 3 is 2.60 bits per heavy atom. The van der Waals surface area contributed by atoms with Crippen LogP contribution in [0.1, 0.15) is 33.1 Å². The number of hydrogen-bond donors (Lipinski definition) is 2. The monoisotopic (exact) mass is 215 g/mol. The Morgan fingerprint density at radius 1 is 1.53 bits per heavy atom. The summed E-state index contributed by atoms with van der Waals surface area (Å²) in [5.74, 6) is -0.551. The minimum atomic E-state index is -1.23. The maximum Gasteiger partial charge on any atom is 0.407 e. The lowest BCUT2D eigenvalue weighted by atomic mass is 10.1. The van der Waals surface area contributed by atoms with E-state index < -0.39 is 18.3 Å². The summed E-state index contributed by atoms with van der Waals surface area (Å²) in [4.78, 5) is 21.5. The van der Waals surface area contributed by atoms with E-state index in [2.05, 4.69) is 6.58 Å². The van der Waals surface area contributed by atoms with E-state index in [0.717, 1.165) is 12.8 Å². The number of unbranched alkanes of at least 4 members (excludes halogenated alkanes) is 1. The van der Waals surface area contributed by atoms with Crippen LogP contribution in [0.25, 0.3) is 0 Å². The first-order chi connectivity index (χ1) is 6.97. The SMILES string of the molecule is C=C(CCCC)C(=O)OC(C)NC(=O)O. The highest BCUT2D eigenvalue weighted by Crippen LogP contribution is 2.07. The van der Waals surface area contributed by atoms with Crippen LogP contribution >= 0.6 is 0 Å². The van der Waals surface area contributed by atoms with E-state index in [1.54, 1.807) is 0 Å². The molecule has 5 nitrogen and oxygen atoms in total. The first-order valence-corrected chi connectivity index (χ1v) is 4.85. The molecule has 1 unspecified atom stereocenters. The molecular formula is C10H17NO4. The van der Waals surface area contributed by atoms with E-state index in [1.807, 2.05) is 12.2 Å². The molecule has 0 aromatic rings. The molecule has 86 valence electrons. The number of nitrogens with one attached hydrogen (secondary N) is 1. The minimum Gasteiger partial charge on any atom is -0.465 e. The van der Waals surface area contributed by atoms with Gasteiger partial charge in [-0.1, -0.05) is 19.9 Å². The quantitative estimate of drug-likeness (QED) is 0.403. The zero-order chi connectivity index (χ0) is 11.8. The molecule has 0 aliphatic heterocycles. The maximum atomic E-state index is 11.3. The number of carboxylic acid groups (broad SMARTS) is 1. The van der Waals surface area contributed by atoms with E-state index >= 15 is 0 Å². The van der Waals surface area contributed by atoms with Gasteiger partial charge in [0.1, 0.15) is 0 Å². The van der Waals surface area contributed by atoms with Gasteiger partial charge in [-0.3, -0.25) is 5.32 Å². The van der Waals surface area contributed by atoms with Gasteiger partial charge in [0.2, 0.25) is 0 Å². The van der Waals surface area contributed by atoms with Crippen LogP contribution in [0.15, 0.2) is 12.2 Å². The van der Waals surface area contributed by atoms with Gasteiger partial charge in [0, 0.05) is 5.57 Å². The fourth-order valence-electron chi connectivity index (χ4n) is 0.939. The van der Waals surface area contributed by atoms with Crippen molar-refractivity contribution in [1.29, 1.82) is 0 Å². The Hall–Kier alpha value is -1.52. The summed E-state index contributed by atoms with van der Waals surface area (Å²) in [7, 11) is 0. The lowest BCUT2D eigenvalue weighted by Crippen LogP contribution is -2.35. The second-order valence-corrected chi connectivity index (χ2v) is 3.20. The van der Waals surface area contributed by atoms with Gasteiger partial charge in [0.15, 0.2) is 6.23 Å². The van der Waals surface area contributed by atoms with Crippen molar-refractivity contribution in [3.8, 4) is 0 Å². The van der Waals surface area contributed by atoms with Gasteiger partial charge in [0.25, 0.3) is 0 Å². The van der Waals surface area contributed by atoms with Crippen molar-refractivity contribution in [1.82, 2.24) is 5.32 Å². The van der Waals surface area contributed by atoms with Crippen molar-refractivity contribution in [2.75, 3.05) is 0 Å². The first kappa shape index (κ1) is 13.5. The second-order valence-electron chi connectivity index (χ2n) is 3.20. The first-order valence-electron chi connectivity index (χ1n) is 4.85. The van der Waals surface area contributed by atoms with Crippen LogP contribution < -0.4 is 5.32 Å². The summed E-state index contributed by atoms with van der Waals surface area (Å²) in [6.07, 6.45) is 0.335. The van der Waals surface area contributed by atoms with Crippen molar-refractivity contribution in [3.63, 3.8) is 0 Å². The molecule has 0 fully saturated rings. The highest BCUT2D eigenvalue weighted by Gasteiger charge is 2.13. The highest BCUT2D eigenvalue weighted by atomic mass is 16.6. The number of hydrogen-bond acceptors (Lipinski definition) is 3. The number of rotatable bonds is 6. The van der Waals surface area contributed by atoms with Crippen LogP contribution in [-0.2, 0) is 9.53 Å². The fourth-order valence-corrected chi connectivity index (χ4v) is 0.939. The Balaban J connectivity index is 3.90. The third-order valence-corrected chi connectivity index (χ3v) is 1.73. The lowest BCUT2D eigenvalue weighted by Gasteiger charge is -2.13. The maximum absolute atomic E-state index is 11.3. The average Bonchev–Trinajstić information content (AvgIpc) is 2.12. The Bertz CT molecular complexity index is 250. The summed E-state index contributed by atoms with van der Waals surface area (Å²) < 4.78 is 4.79. The van der Waals surface area contributed by atoms with E-state index in [9.17, 15) is 9.59 Å². The molecule has 0 saturated heterocycles. The van der Waals surface area contributed by atoms with E-state index in [1.165, 1.54) is 6.92 Å². The second kappa shape index (κ2) is 6.86. The number of esters is 1. The molecule has 0 bridgehead atoms. The summed E-state index contributed by atoms with van der Waals surface area (Å²) in [6, 6.07) is 0. The summed E-state index contributed by atoms with van der Waals surface area (Å²) in [5, 5.41) is 10.4. The van der Waals surface area contributed by atoms with Gasteiger partial charge < -0.3 is 9.84 Å². The average molecular weight is 215 g/mol. The number of carbonyl (C=O) groups is 2. The van der Waals surface area contributed by atoms with E-state index in [-0.39, 0.29) is 0 Å². The zero-order valence-corrected chi connectivity index (χ0v) is 9.08. The van der Waals surface area contributed by atoms with Crippen molar-refractivity contribution in [2.24, 2.45) is 0 Å². The van der Waals surface area contributed by atoms with Crippen LogP contribution in [-0.4, -0.2) is 23.4 Å². The highest BCUT2D eigenvalue weighted by molar-refractivity contribution is 5.87. The lowest BCUT2D eigenvalue weighted by molar-refractivity contribution is -0.144. The normalized spacial score (nSPS) is 11.6. The molecule has 0 spiro atoms. The third kappa shape index (κ3) is 6.54. The molecule has 0 saturated carbocycles. The van der Waals surface area contributed by atoms with E-state index in [4.69, 9.17) is 9.84 Å². The van der Waals surface area contributed by atoms with Crippen molar-refractivity contribution in [2.45, 2.75) is 39.3 Å². The van der Waals surface area contributed by atoms with Gasteiger partial charge in [-0.05, 0) is 19.8 Å². The van der Waals surface area contributed by atoms with E-state index in [0.29, 0.717) is 12.0 Å². The standard InChI is InChI=1S/C10H17NO4/c1-4-5-6-7(2)9(12)15-8(3)11-10(13)14/h8,11H,2,4-6H2,1,3H3,(H,13,14). The molecule has 0 rings (SSSR count). The Labute approximate surface area is 89.1 Å². The van der Waals surface area contributed by atoms with Gasteiger partial charge in [-0.15, -0.1) is 0 Å². The summed E-state index contributed by atoms with van der Waals surface area (Å²) in [6.45, 7) is 7.03. The zero-order valence-electron chi connectivity index (χ0n) is 9.08. The van der Waals surface area contributed by atoms with Crippen LogP contribution in [0.3, 0.4) is 0 Å². The van der Waals surface area contributed by atoms with Gasteiger partial charge in [0.05, 0.1) is 0 Å². The number of ether oxygens (including phenoxy) is 1. The predicted octanol–water partition coefficient (Wildman–Crippen LogP) is 1.89. The molecule has 2 N–H and O–H groups in total. The largest absolute Gasteiger partial charge is 0.465 e. The van der Waals surface area contributed by atoms with Gasteiger partial charge >= 0.3 is 12.1 Å². The Kier molecular flexibility index (Phi) is 6.17. The summed E-state index contributed by atoms with van der Waals surface area (Å²) in [5.41, 5.74) is 0.371. The molecule has 0 aromatic heterocycles. The minimum absolute atomic E-state index is 0.371. The molecule has 0 heterocycles. The van der Waals surface area contributed by atoms with Crippen LogP contribution in [0.5, 0.6) is 0 Å². The van der Waals surface area contributed by atoms with Crippen molar-refractivity contribution >= 4 is 12.1 Å². The van der Waals surface area contributed by atoms with Crippen LogP contribution in [0.2, 0.25) is 0 Å². The molecule has 0 aliphatic rings.